The van der Waals surface area contributed by atoms with Gasteiger partial charge >= 0.3 is 0 Å². The fourth-order valence-electron chi connectivity index (χ4n) is 7.07. The Morgan fingerprint density at radius 1 is 0.500 bits per heavy atom. The van der Waals surface area contributed by atoms with E-state index in [0.717, 1.165) is 44.6 Å². The molecule has 8 aromatic heterocycles. The highest BCUT2D eigenvalue weighted by atomic mass is 32.1. The molecule has 0 bridgehead atoms. The average Bonchev–Trinajstić information content (AvgIpc) is 3.85. The van der Waals surface area contributed by atoms with Gasteiger partial charge in [0.05, 0.1) is 33.2 Å². The molecule has 0 atom stereocenters. The molecule has 0 saturated carbocycles. The number of aromatic nitrogens is 6. The second-order valence-electron chi connectivity index (χ2n) is 13.1. The van der Waals surface area contributed by atoms with E-state index in [1.54, 1.807) is 10.4 Å². The first-order chi connectivity index (χ1) is 22.1. The summed E-state index contributed by atoms with van der Waals surface area (Å²) in [5, 5.41) is 6.13. The standard InChI is InChI=1S/C32H24N6S6Si2/c1-13-11-33-25(27-23(13)35-43-37-27)17-9-21-31(41-17)32-22(46(21,5)6)10-18(42-32)26-28-24(36-44-38-28)15(12-34-26)16-8-20-30(40-16)29-19(45(20,3)4)7-14(2)39-29/h7-12H,1-6H3. The molecule has 8 aromatic rings. The van der Waals surface area contributed by atoms with Gasteiger partial charge in [0.1, 0.15) is 49.6 Å². The summed E-state index contributed by atoms with van der Waals surface area (Å²) in [4.78, 5) is 20.7. The van der Waals surface area contributed by atoms with Crippen molar-refractivity contribution in [1.29, 1.82) is 0 Å². The van der Waals surface area contributed by atoms with Gasteiger partial charge in [-0.05, 0) is 64.4 Å². The fraction of sp³-hybridized carbons (Fsp3) is 0.188. The molecular weight excluding hydrogens is 717 g/mol. The minimum atomic E-state index is -1.92. The maximum Gasteiger partial charge on any atom is 0.132 e. The Labute approximate surface area is 291 Å². The van der Waals surface area contributed by atoms with Gasteiger partial charge in [-0.25, -0.2) is 0 Å². The number of hydrogen-bond acceptors (Lipinski definition) is 12. The van der Waals surface area contributed by atoms with Crippen molar-refractivity contribution in [2.24, 2.45) is 0 Å². The summed E-state index contributed by atoms with van der Waals surface area (Å²) in [6.45, 7) is 14.2. The van der Waals surface area contributed by atoms with E-state index in [2.05, 4.69) is 73.0 Å². The third-order valence-corrected chi connectivity index (χ3v) is 23.2. The van der Waals surface area contributed by atoms with Crippen LogP contribution in [0.2, 0.25) is 26.2 Å². The van der Waals surface area contributed by atoms with Crippen molar-refractivity contribution >= 4 is 128 Å². The summed E-state index contributed by atoms with van der Waals surface area (Å²) in [5.74, 6) is 0. The van der Waals surface area contributed by atoms with Gasteiger partial charge in [0.15, 0.2) is 0 Å². The zero-order valence-electron chi connectivity index (χ0n) is 25.6. The van der Waals surface area contributed by atoms with Gasteiger partial charge in [-0.3, -0.25) is 9.97 Å². The van der Waals surface area contributed by atoms with Crippen molar-refractivity contribution < 1.29 is 0 Å². The fourth-order valence-corrected chi connectivity index (χ4v) is 22.6. The molecule has 46 heavy (non-hydrogen) atoms. The summed E-state index contributed by atoms with van der Waals surface area (Å²) < 4.78 is 18.8. The summed E-state index contributed by atoms with van der Waals surface area (Å²) >= 11 is 10.1. The predicted octanol–water partition coefficient (Wildman–Crippen LogP) is 7.96. The Morgan fingerprint density at radius 3 is 1.59 bits per heavy atom. The largest absolute Gasteiger partial charge is 0.253 e. The van der Waals surface area contributed by atoms with Gasteiger partial charge in [0, 0.05) is 47.2 Å². The van der Waals surface area contributed by atoms with Crippen molar-refractivity contribution in [2.75, 3.05) is 0 Å². The van der Waals surface area contributed by atoms with Gasteiger partial charge in [0.25, 0.3) is 0 Å². The molecule has 2 aliphatic heterocycles. The molecular formula is C32H24N6S6Si2. The van der Waals surface area contributed by atoms with Gasteiger partial charge in [-0.1, -0.05) is 26.2 Å². The molecule has 10 heterocycles. The Kier molecular flexibility index (Phi) is 5.77. The van der Waals surface area contributed by atoms with Crippen LogP contribution in [0.25, 0.3) is 73.2 Å². The second-order valence-corrected chi connectivity index (χ2v) is 27.3. The molecule has 0 amide bonds. The van der Waals surface area contributed by atoms with Crippen LogP contribution in [0.5, 0.6) is 0 Å². The molecule has 0 N–H and O–H groups in total. The zero-order valence-corrected chi connectivity index (χ0v) is 32.5. The number of hydrogen-bond donors (Lipinski definition) is 0. The lowest BCUT2D eigenvalue weighted by Crippen LogP contribution is -2.48. The molecule has 0 aliphatic carbocycles. The van der Waals surface area contributed by atoms with Gasteiger partial charge in [-0.15, -0.1) is 45.3 Å². The van der Waals surface area contributed by atoms with Crippen LogP contribution in [0.4, 0.5) is 0 Å². The first-order valence-electron chi connectivity index (χ1n) is 14.9. The Hall–Kier alpha value is -2.83. The molecule has 226 valence electrons. The van der Waals surface area contributed by atoms with Crippen molar-refractivity contribution in [3.8, 4) is 51.1 Å². The van der Waals surface area contributed by atoms with E-state index in [4.69, 9.17) is 18.7 Å². The topological polar surface area (TPSA) is 77.3 Å². The highest BCUT2D eigenvalue weighted by Crippen LogP contribution is 2.47. The smallest absolute Gasteiger partial charge is 0.132 e. The third kappa shape index (κ3) is 3.64. The monoisotopic (exact) mass is 740 g/mol. The SMILES string of the molecule is Cc1cc2c(s1)-c1sc(-c3cnc(-c4cc5c(s4)-c4sc(-c6ncc(C)c7nsnc67)cc4[Si]5(C)C)c4nsnc34)cc1[Si]2(C)C. The van der Waals surface area contributed by atoms with Crippen LogP contribution in [0.3, 0.4) is 0 Å². The predicted molar refractivity (Wildman–Crippen MR) is 206 cm³/mol. The highest BCUT2D eigenvalue weighted by molar-refractivity contribution is 7.32. The molecule has 14 heteroatoms. The maximum absolute atomic E-state index is 5.13. The third-order valence-electron chi connectivity index (χ3n) is 9.65. The lowest BCUT2D eigenvalue weighted by molar-refractivity contribution is 1.30. The molecule has 10 rings (SSSR count). The molecule has 0 saturated heterocycles. The lowest BCUT2D eigenvalue weighted by atomic mass is 10.1. The number of pyridine rings is 2. The van der Waals surface area contributed by atoms with Gasteiger partial charge in [0.2, 0.25) is 0 Å². The van der Waals surface area contributed by atoms with Crippen molar-refractivity contribution in [1.82, 2.24) is 27.5 Å². The van der Waals surface area contributed by atoms with Crippen LogP contribution < -0.4 is 20.7 Å². The van der Waals surface area contributed by atoms with E-state index in [-0.39, 0.29) is 0 Å². The lowest BCUT2D eigenvalue weighted by Gasteiger charge is -2.16. The number of aryl methyl sites for hydroxylation is 2. The molecule has 0 spiro atoms. The maximum atomic E-state index is 5.13. The van der Waals surface area contributed by atoms with E-state index >= 15 is 0 Å². The molecule has 6 nitrogen and oxygen atoms in total. The summed E-state index contributed by atoms with van der Waals surface area (Å²) in [6, 6.07) is 9.65. The van der Waals surface area contributed by atoms with Crippen LogP contribution in [0, 0.1) is 13.8 Å². The zero-order chi connectivity index (χ0) is 31.3. The molecule has 0 unspecified atom stereocenters. The molecule has 2 aliphatic rings. The Balaban J connectivity index is 1.07. The Bertz CT molecular complexity index is 2600. The van der Waals surface area contributed by atoms with Crippen LogP contribution >= 0.6 is 68.8 Å². The van der Waals surface area contributed by atoms with Crippen LogP contribution in [0.1, 0.15) is 10.4 Å². The summed E-state index contributed by atoms with van der Waals surface area (Å²) in [5.41, 5.74) is 7.80. The normalized spacial score (nSPS) is 15.5. The quantitative estimate of drug-likeness (QED) is 0.171. The highest BCUT2D eigenvalue weighted by Gasteiger charge is 2.43. The minimum absolute atomic E-state index is 0.909. The Morgan fingerprint density at radius 2 is 0.957 bits per heavy atom. The van der Waals surface area contributed by atoms with Crippen LogP contribution in [0.15, 0.2) is 36.7 Å². The van der Waals surface area contributed by atoms with Crippen molar-refractivity contribution in [3.05, 3.63) is 47.1 Å². The van der Waals surface area contributed by atoms with E-state index in [1.807, 2.05) is 57.7 Å². The van der Waals surface area contributed by atoms with Crippen molar-refractivity contribution in [3.63, 3.8) is 0 Å². The van der Waals surface area contributed by atoms with E-state index in [1.165, 1.54) is 72.8 Å². The number of fused-ring (bicyclic) bond motifs is 8. The molecule has 0 radical (unpaired) electrons. The number of nitrogens with zero attached hydrogens (tertiary/aromatic N) is 6. The van der Waals surface area contributed by atoms with Crippen molar-refractivity contribution in [2.45, 2.75) is 40.0 Å². The van der Waals surface area contributed by atoms with E-state index in [9.17, 15) is 0 Å². The first-order valence-corrected chi connectivity index (χ1v) is 25.6. The summed E-state index contributed by atoms with van der Waals surface area (Å²) in [7, 11) is -3.62. The van der Waals surface area contributed by atoms with Gasteiger partial charge in [-0.2, -0.15) is 17.5 Å². The van der Waals surface area contributed by atoms with Gasteiger partial charge < -0.3 is 0 Å². The molecule has 0 fully saturated rings. The van der Waals surface area contributed by atoms with Crippen LogP contribution in [-0.4, -0.2) is 43.6 Å². The number of rotatable bonds is 3. The van der Waals surface area contributed by atoms with E-state index in [0.29, 0.717) is 0 Å². The minimum Gasteiger partial charge on any atom is -0.253 e. The first kappa shape index (κ1) is 28.2. The second kappa shape index (κ2) is 9.41. The number of thiophene rings is 4. The van der Waals surface area contributed by atoms with Crippen LogP contribution in [-0.2, 0) is 0 Å². The average molecular weight is 741 g/mol. The van der Waals surface area contributed by atoms with E-state index < -0.39 is 16.1 Å². The summed E-state index contributed by atoms with van der Waals surface area (Å²) in [6.07, 6.45) is 3.98. The molecule has 0 aromatic carbocycles.